The highest BCUT2D eigenvalue weighted by atomic mass is 16.5. The minimum Gasteiger partial charge on any atom is -0.465 e. The maximum absolute atomic E-state index is 12.1. The average Bonchev–Trinajstić information content (AvgIpc) is 3.00. The molecule has 1 aromatic heterocycles. The number of amides is 1. The molecule has 128 valence electrons. The van der Waals surface area contributed by atoms with E-state index in [0.29, 0.717) is 18.7 Å². The molecule has 0 radical (unpaired) electrons. The fourth-order valence-corrected chi connectivity index (χ4v) is 2.24. The zero-order valence-electron chi connectivity index (χ0n) is 14.0. The number of esters is 1. The van der Waals surface area contributed by atoms with Crippen molar-refractivity contribution in [3.05, 3.63) is 64.6 Å². The molecule has 25 heavy (non-hydrogen) atoms. The van der Waals surface area contributed by atoms with Gasteiger partial charge in [0.05, 0.1) is 7.11 Å². The molecule has 0 bridgehead atoms. The third-order valence-electron chi connectivity index (χ3n) is 3.54. The van der Waals surface area contributed by atoms with Gasteiger partial charge in [-0.3, -0.25) is 4.79 Å². The van der Waals surface area contributed by atoms with Gasteiger partial charge in [0.2, 0.25) is 0 Å². The number of rotatable bonds is 6. The molecule has 1 heterocycles. The summed E-state index contributed by atoms with van der Waals surface area (Å²) >= 11 is 0. The normalized spacial score (nSPS) is 10.8. The van der Waals surface area contributed by atoms with Crippen molar-refractivity contribution >= 4 is 18.0 Å². The maximum Gasteiger partial charge on any atom is 0.341 e. The molecule has 0 fully saturated rings. The van der Waals surface area contributed by atoms with E-state index in [1.807, 2.05) is 36.4 Å². The van der Waals surface area contributed by atoms with Crippen molar-refractivity contribution in [3.8, 4) is 6.07 Å². The number of furan rings is 1. The minimum atomic E-state index is -0.535. The van der Waals surface area contributed by atoms with E-state index < -0.39 is 11.9 Å². The van der Waals surface area contributed by atoms with Crippen LogP contribution in [-0.2, 0) is 16.0 Å². The Kier molecular flexibility index (Phi) is 6.13. The number of carbonyl (C=O) groups excluding carboxylic acids is 2. The zero-order chi connectivity index (χ0) is 18.2. The van der Waals surface area contributed by atoms with Gasteiger partial charge < -0.3 is 14.5 Å². The summed E-state index contributed by atoms with van der Waals surface area (Å²) < 4.78 is 10.0. The number of ether oxygens (including phenoxy) is 1. The van der Waals surface area contributed by atoms with Gasteiger partial charge in [-0.2, -0.15) is 5.26 Å². The first-order valence-corrected chi connectivity index (χ1v) is 7.67. The quantitative estimate of drug-likeness (QED) is 0.496. The van der Waals surface area contributed by atoms with Gasteiger partial charge >= 0.3 is 5.97 Å². The van der Waals surface area contributed by atoms with E-state index in [1.54, 1.807) is 6.92 Å². The third kappa shape index (κ3) is 4.82. The second-order valence-electron chi connectivity index (χ2n) is 5.27. The predicted molar refractivity (Wildman–Crippen MR) is 91.5 cm³/mol. The number of nitrogens with zero attached hydrogens (tertiary/aromatic N) is 1. The number of methoxy groups -OCH3 is 1. The largest absolute Gasteiger partial charge is 0.465 e. The van der Waals surface area contributed by atoms with Crippen molar-refractivity contribution in [2.75, 3.05) is 13.7 Å². The molecule has 0 aliphatic rings. The maximum atomic E-state index is 12.1. The van der Waals surface area contributed by atoms with E-state index in [2.05, 4.69) is 10.1 Å². The molecule has 1 aromatic carbocycles. The Morgan fingerprint density at radius 3 is 2.68 bits per heavy atom. The molecule has 2 aromatic rings. The number of carbonyl (C=O) groups is 2. The molecule has 0 saturated carbocycles. The van der Waals surface area contributed by atoms with Gasteiger partial charge in [0.1, 0.15) is 28.7 Å². The molecule has 2 rings (SSSR count). The topological polar surface area (TPSA) is 92.3 Å². The lowest BCUT2D eigenvalue weighted by atomic mass is 10.1. The van der Waals surface area contributed by atoms with Crippen molar-refractivity contribution < 1.29 is 18.7 Å². The first-order valence-electron chi connectivity index (χ1n) is 7.67. The average molecular weight is 338 g/mol. The molecule has 0 unspecified atom stereocenters. The predicted octanol–water partition coefficient (Wildman–Crippen LogP) is 2.64. The summed E-state index contributed by atoms with van der Waals surface area (Å²) in [6.45, 7) is 2.02. The summed E-state index contributed by atoms with van der Waals surface area (Å²) in [6, 6.07) is 13.0. The van der Waals surface area contributed by atoms with Crippen molar-refractivity contribution in [1.29, 1.82) is 5.26 Å². The van der Waals surface area contributed by atoms with E-state index in [9.17, 15) is 14.9 Å². The van der Waals surface area contributed by atoms with E-state index in [0.717, 1.165) is 5.56 Å². The van der Waals surface area contributed by atoms with Gasteiger partial charge in [-0.1, -0.05) is 30.3 Å². The minimum absolute atomic E-state index is 0.0989. The molecule has 6 heteroatoms. The number of hydrogen-bond donors (Lipinski definition) is 1. The van der Waals surface area contributed by atoms with Crippen LogP contribution in [0.5, 0.6) is 0 Å². The Morgan fingerprint density at radius 1 is 1.32 bits per heavy atom. The molecular formula is C19H18N2O4. The highest BCUT2D eigenvalue weighted by molar-refractivity contribution is 6.01. The first kappa shape index (κ1) is 18.0. The highest BCUT2D eigenvalue weighted by Crippen LogP contribution is 2.18. The van der Waals surface area contributed by atoms with Gasteiger partial charge in [0, 0.05) is 12.6 Å². The SMILES string of the molecule is COC(=O)c1cc(/C=C(\C#N)C(=O)NCCc2ccccc2)oc1C. The molecule has 0 atom stereocenters. The Balaban J connectivity index is 2.03. The monoisotopic (exact) mass is 338 g/mol. The standard InChI is InChI=1S/C19H18N2O4/c1-13-17(19(23)24-2)11-16(25-13)10-15(12-20)18(22)21-9-8-14-6-4-3-5-7-14/h3-7,10-11H,8-9H2,1-2H3,(H,21,22)/b15-10+. The van der Waals surface area contributed by atoms with Crippen LogP contribution in [0.15, 0.2) is 46.4 Å². The summed E-state index contributed by atoms with van der Waals surface area (Å²) in [5, 5.41) is 11.9. The van der Waals surface area contributed by atoms with Gasteiger partial charge in [0.25, 0.3) is 5.91 Å². The van der Waals surface area contributed by atoms with Crippen LogP contribution in [-0.4, -0.2) is 25.5 Å². The second kappa shape index (κ2) is 8.50. The number of nitrogens with one attached hydrogen (secondary N) is 1. The second-order valence-corrected chi connectivity index (χ2v) is 5.27. The Morgan fingerprint density at radius 2 is 2.04 bits per heavy atom. The lowest BCUT2D eigenvalue weighted by molar-refractivity contribution is -0.117. The van der Waals surface area contributed by atoms with Gasteiger partial charge in [-0.05, 0) is 25.0 Å². The molecule has 0 aliphatic carbocycles. The summed E-state index contributed by atoms with van der Waals surface area (Å²) in [5.41, 5.74) is 1.25. The van der Waals surface area contributed by atoms with Crippen molar-refractivity contribution in [3.63, 3.8) is 0 Å². The summed E-state index contributed by atoms with van der Waals surface area (Å²) in [7, 11) is 1.27. The number of aryl methyl sites for hydroxylation is 1. The van der Waals surface area contributed by atoms with Crippen LogP contribution >= 0.6 is 0 Å². The van der Waals surface area contributed by atoms with E-state index in [1.165, 1.54) is 19.3 Å². The number of benzene rings is 1. The molecule has 0 saturated heterocycles. The summed E-state index contributed by atoms with van der Waals surface area (Å²) in [5.74, 6) is -0.425. The van der Waals surface area contributed by atoms with Crippen molar-refractivity contribution in [2.24, 2.45) is 0 Å². The fourth-order valence-electron chi connectivity index (χ4n) is 2.24. The molecule has 0 aliphatic heterocycles. The lowest BCUT2D eigenvalue weighted by Gasteiger charge is -2.04. The van der Waals surface area contributed by atoms with Gasteiger partial charge in [-0.25, -0.2) is 4.79 Å². The van der Waals surface area contributed by atoms with Crippen molar-refractivity contribution in [2.45, 2.75) is 13.3 Å². The van der Waals surface area contributed by atoms with Crippen LogP contribution in [0.4, 0.5) is 0 Å². The van der Waals surface area contributed by atoms with E-state index in [4.69, 9.17) is 4.42 Å². The van der Waals surface area contributed by atoms with Gasteiger partial charge in [-0.15, -0.1) is 0 Å². The van der Waals surface area contributed by atoms with Gasteiger partial charge in [0.15, 0.2) is 0 Å². The van der Waals surface area contributed by atoms with E-state index >= 15 is 0 Å². The van der Waals surface area contributed by atoms with Crippen LogP contribution in [0.25, 0.3) is 6.08 Å². The summed E-state index contributed by atoms with van der Waals surface area (Å²) in [4.78, 5) is 23.7. The van der Waals surface area contributed by atoms with Crippen molar-refractivity contribution in [1.82, 2.24) is 5.32 Å². The third-order valence-corrected chi connectivity index (χ3v) is 3.54. The van der Waals surface area contributed by atoms with Crippen LogP contribution in [0.2, 0.25) is 0 Å². The molecule has 1 amide bonds. The summed E-state index contributed by atoms with van der Waals surface area (Å²) in [6.07, 6.45) is 1.97. The highest BCUT2D eigenvalue weighted by Gasteiger charge is 2.16. The first-order chi connectivity index (χ1) is 12.0. The Hall–Kier alpha value is -3.33. The van der Waals surface area contributed by atoms with Crippen LogP contribution in [0, 0.1) is 18.3 Å². The van der Waals surface area contributed by atoms with E-state index in [-0.39, 0.29) is 16.9 Å². The fraction of sp³-hybridized carbons (Fsp3) is 0.211. The lowest BCUT2D eigenvalue weighted by Crippen LogP contribution is -2.26. The van der Waals surface area contributed by atoms with Crippen LogP contribution in [0.1, 0.15) is 27.4 Å². The van der Waals surface area contributed by atoms with Crippen LogP contribution < -0.4 is 5.32 Å². The number of nitriles is 1. The Bertz CT molecular complexity index is 829. The number of hydrogen-bond acceptors (Lipinski definition) is 5. The van der Waals surface area contributed by atoms with Crippen LogP contribution in [0.3, 0.4) is 0 Å². The molecule has 0 spiro atoms. The molecule has 1 N–H and O–H groups in total. The Labute approximate surface area is 145 Å². The molecule has 6 nitrogen and oxygen atoms in total. The smallest absolute Gasteiger partial charge is 0.341 e. The molecular weight excluding hydrogens is 320 g/mol. The zero-order valence-corrected chi connectivity index (χ0v) is 14.0.